The highest BCUT2D eigenvalue weighted by Gasteiger charge is 2.32. The molecule has 2 nitrogen and oxygen atoms in total. The van der Waals surface area contributed by atoms with Gasteiger partial charge in [0.15, 0.2) is 0 Å². The van der Waals surface area contributed by atoms with E-state index in [1.54, 1.807) is 0 Å². The molecule has 102 valence electrons. The van der Waals surface area contributed by atoms with Crippen LogP contribution >= 0.6 is 0 Å². The Morgan fingerprint density at radius 2 is 1.82 bits per heavy atom. The van der Waals surface area contributed by atoms with Crippen molar-refractivity contribution in [1.82, 2.24) is 10.2 Å². The van der Waals surface area contributed by atoms with Crippen molar-refractivity contribution < 1.29 is 0 Å². The minimum absolute atomic E-state index is 0.669. The fourth-order valence-corrected chi connectivity index (χ4v) is 2.54. The molecule has 0 aromatic rings. The second-order valence-corrected chi connectivity index (χ2v) is 6.27. The summed E-state index contributed by atoms with van der Waals surface area (Å²) in [6.07, 6.45) is 5.41. The summed E-state index contributed by atoms with van der Waals surface area (Å²) in [6.45, 7) is 14.0. The molecule has 0 spiro atoms. The topological polar surface area (TPSA) is 15.3 Å². The smallest absolute Gasteiger partial charge is 0.0195 e. The zero-order chi connectivity index (χ0) is 12.8. The molecule has 1 N–H and O–H groups in total. The van der Waals surface area contributed by atoms with Gasteiger partial charge < -0.3 is 5.32 Å². The van der Waals surface area contributed by atoms with Crippen LogP contribution in [-0.2, 0) is 0 Å². The van der Waals surface area contributed by atoms with Crippen LogP contribution in [0.4, 0.5) is 0 Å². The van der Waals surface area contributed by atoms with Crippen LogP contribution in [0.15, 0.2) is 0 Å². The van der Waals surface area contributed by atoms with Gasteiger partial charge in [-0.1, -0.05) is 27.2 Å². The van der Waals surface area contributed by atoms with E-state index >= 15 is 0 Å². The molecule has 0 saturated heterocycles. The molecule has 17 heavy (non-hydrogen) atoms. The molecule has 2 unspecified atom stereocenters. The molecule has 1 fully saturated rings. The number of rotatable bonds is 9. The maximum absolute atomic E-state index is 3.68. The summed E-state index contributed by atoms with van der Waals surface area (Å²) in [5, 5.41) is 3.68. The van der Waals surface area contributed by atoms with Gasteiger partial charge >= 0.3 is 0 Å². The summed E-state index contributed by atoms with van der Waals surface area (Å²) in [7, 11) is 0. The molecule has 0 heterocycles. The van der Waals surface area contributed by atoms with Crippen molar-refractivity contribution >= 4 is 0 Å². The van der Waals surface area contributed by atoms with Gasteiger partial charge in [0, 0.05) is 31.2 Å². The van der Waals surface area contributed by atoms with Gasteiger partial charge in [-0.2, -0.15) is 0 Å². The van der Waals surface area contributed by atoms with E-state index in [1.165, 1.54) is 32.2 Å². The number of nitrogens with zero attached hydrogens (tertiary/aromatic N) is 1. The molecule has 0 amide bonds. The monoisotopic (exact) mass is 240 g/mol. The van der Waals surface area contributed by atoms with Crippen LogP contribution in [0.3, 0.4) is 0 Å². The Kier molecular flexibility index (Phi) is 6.50. The molecule has 2 atom stereocenters. The zero-order valence-electron chi connectivity index (χ0n) is 12.5. The summed E-state index contributed by atoms with van der Waals surface area (Å²) in [4.78, 5) is 2.72. The average Bonchev–Trinajstić information content (AvgIpc) is 3.06. The van der Waals surface area contributed by atoms with Crippen molar-refractivity contribution in [1.29, 1.82) is 0 Å². The summed E-state index contributed by atoms with van der Waals surface area (Å²) in [5.74, 6) is 0.783. The molecule has 0 aromatic carbocycles. The molecule has 1 rings (SSSR count). The van der Waals surface area contributed by atoms with Crippen LogP contribution in [0.5, 0.6) is 0 Å². The predicted octanol–water partition coefficient (Wildman–Crippen LogP) is 3.27. The second-order valence-electron chi connectivity index (χ2n) is 6.27. The molecule has 0 aliphatic heterocycles. The maximum Gasteiger partial charge on any atom is 0.0195 e. The van der Waals surface area contributed by atoms with Gasteiger partial charge in [-0.25, -0.2) is 0 Å². The minimum atomic E-state index is 0.669. The Morgan fingerprint density at radius 3 is 2.29 bits per heavy atom. The highest BCUT2D eigenvalue weighted by atomic mass is 15.2. The minimum Gasteiger partial charge on any atom is -0.313 e. The van der Waals surface area contributed by atoms with Crippen LogP contribution in [0.2, 0.25) is 0 Å². The van der Waals surface area contributed by atoms with E-state index in [0.717, 1.165) is 18.5 Å². The van der Waals surface area contributed by atoms with Crippen molar-refractivity contribution in [2.24, 2.45) is 5.92 Å². The quantitative estimate of drug-likeness (QED) is 0.665. The fraction of sp³-hybridized carbons (Fsp3) is 1.00. The normalized spacial score (nSPS) is 19.9. The van der Waals surface area contributed by atoms with E-state index in [-0.39, 0.29) is 0 Å². The van der Waals surface area contributed by atoms with Crippen molar-refractivity contribution in [3.05, 3.63) is 0 Å². The van der Waals surface area contributed by atoms with Gasteiger partial charge in [0.25, 0.3) is 0 Å². The number of nitrogens with one attached hydrogen (secondary N) is 1. The Hall–Kier alpha value is -0.0800. The van der Waals surface area contributed by atoms with E-state index in [0.29, 0.717) is 12.1 Å². The van der Waals surface area contributed by atoms with Crippen molar-refractivity contribution in [3.63, 3.8) is 0 Å². The largest absolute Gasteiger partial charge is 0.313 e. The summed E-state index contributed by atoms with van der Waals surface area (Å²) < 4.78 is 0. The van der Waals surface area contributed by atoms with Gasteiger partial charge in [0.05, 0.1) is 0 Å². The molecule has 1 aliphatic rings. The third-order valence-electron chi connectivity index (χ3n) is 3.64. The Labute approximate surface area is 108 Å². The van der Waals surface area contributed by atoms with E-state index < -0.39 is 0 Å². The molecular formula is C15H32N2. The van der Waals surface area contributed by atoms with Gasteiger partial charge in [0.2, 0.25) is 0 Å². The van der Waals surface area contributed by atoms with Crippen molar-refractivity contribution in [2.75, 3.05) is 13.1 Å². The summed E-state index contributed by atoms with van der Waals surface area (Å²) in [5.41, 5.74) is 0. The highest BCUT2D eigenvalue weighted by Crippen LogP contribution is 2.29. The lowest BCUT2D eigenvalue weighted by Gasteiger charge is -2.31. The van der Waals surface area contributed by atoms with Crippen LogP contribution in [0, 0.1) is 5.92 Å². The fourth-order valence-electron chi connectivity index (χ4n) is 2.54. The van der Waals surface area contributed by atoms with Gasteiger partial charge in [-0.15, -0.1) is 0 Å². The number of hydrogen-bond acceptors (Lipinski definition) is 2. The molecule has 1 saturated carbocycles. The van der Waals surface area contributed by atoms with Crippen LogP contribution < -0.4 is 5.32 Å². The van der Waals surface area contributed by atoms with E-state index in [4.69, 9.17) is 0 Å². The lowest BCUT2D eigenvalue weighted by molar-refractivity contribution is 0.170. The summed E-state index contributed by atoms with van der Waals surface area (Å²) >= 11 is 0. The summed E-state index contributed by atoms with van der Waals surface area (Å²) in [6, 6.07) is 2.24. The Morgan fingerprint density at radius 1 is 1.18 bits per heavy atom. The Balaban J connectivity index is 2.29. The van der Waals surface area contributed by atoms with Gasteiger partial charge in [-0.05, 0) is 39.0 Å². The van der Waals surface area contributed by atoms with Crippen LogP contribution in [0.25, 0.3) is 0 Å². The molecular weight excluding hydrogens is 208 g/mol. The second kappa shape index (κ2) is 7.38. The van der Waals surface area contributed by atoms with E-state index in [2.05, 4.69) is 44.8 Å². The van der Waals surface area contributed by atoms with Crippen molar-refractivity contribution in [3.8, 4) is 0 Å². The standard InChI is InChI=1S/C15H32N2/c1-6-7-13(4)16-10-14(5)17(11-12(2)3)15-8-9-15/h12-16H,6-11H2,1-5H3. The first-order chi connectivity index (χ1) is 8.04. The molecule has 2 heteroatoms. The Bertz CT molecular complexity index is 199. The average molecular weight is 240 g/mol. The zero-order valence-corrected chi connectivity index (χ0v) is 12.5. The van der Waals surface area contributed by atoms with Gasteiger partial charge in [-0.3, -0.25) is 4.90 Å². The third-order valence-corrected chi connectivity index (χ3v) is 3.64. The lowest BCUT2D eigenvalue weighted by Crippen LogP contribution is -2.45. The first-order valence-electron chi connectivity index (χ1n) is 7.53. The lowest BCUT2D eigenvalue weighted by atomic mass is 10.1. The third kappa shape index (κ3) is 5.87. The predicted molar refractivity (Wildman–Crippen MR) is 76.4 cm³/mol. The molecule has 0 aromatic heterocycles. The number of hydrogen-bond donors (Lipinski definition) is 1. The first kappa shape index (κ1) is 15.0. The van der Waals surface area contributed by atoms with Crippen LogP contribution in [0.1, 0.15) is 60.3 Å². The van der Waals surface area contributed by atoms with E-state index in [9.17, 15) is 0 Å². The first-order valence-corrected chi connectivity index (χ1v) is 7.53. The van der Waals surface area contributed by atoms with Crippen molar-refractivity contribution in [2.45, 2.75) is 78.4 Å². The molecule has 0 radical (unpaired) electrons. The maximum atomic E-state index is 3.68. The van der Waals surface area contributed by atoms with Gasteiger partial charge in [0.1, 0.15) is 0 Å². The molecule has 0 bridgehead atoms. The highest BCUT2D eigenvalue weighted by molar-refractivity contribution is 4.88. The van der Waals surface area contributed by atoms with E-state index in [1.807, 2.05) is 0 Å². The van der Waals surface area contributed by atoms with Crippen LogP contribution in [-0.4, -0.2) is 36.1 Å². The molecule has 1 aliphatic carbocycles. The SMILES string of the molecule is CCCC(C)NCC(C)N(CC(C)C)C1CC1.